The number of anilines is 1. The summed E-state index contributed by atoms with van der Waals surface area (Å²) in [5.74, 6) is -0.603. The van der Waals surface area contributed by atoms with Crippen molar-refractivity contribution >= 4 is 40.7 Å². The molecule has 0 radical (unpaired) electrons. The summed E-state index contributed by atoms with van der Waals surface area (Å²) in [4.78, 5) is 26.5. The molecule has 2 rings (SSSR count). The van der Waals surface area contributed by atoms with Crippen LogP contribution in [-0.4, -0.2) is 36.9 Å². The van der Waals surface area contributed by atoms with Gasteiger partial charge in [0, 0.05) is 19.2 Å². The number of hydrogen-bond donors (Lipinski definition) is 1. The van der Waals surface area contributed by atoms with Crippen LogP contribution in [0.1, 0.15) is 22.8 Å². The molecule has 0 aliphatic heterocycles. The van der Waals surface area contributed by atoms with Crippen LogP contribution in [0.15, 0.2) is 42.5 Å². The summed E-state index contributed by atoms with van der Waals surface area (Å²) >= 11 is 12.1. The van der Waals surface area contributed by atoms with E-state index in [1.807, 2.05) is 13.0 Å². The van der Waals surface area contributed by atoms with Crippen LogP contribution in [0.3, 0.4) is 0 Å². The summed E-state index contributed by atoms with van der Waals surface area (Å²) in [6.45, 7) is 2.51. The molecular formula is C19H20Cl2N2O3. The maximum absolute atomic E-state index is 12.7. The van der Waals surface area contributed by atoms with E-state index in [9.17, 15) is 9.59 Å². The Morgan fingerprint density at radius 3 is 2.38 bits per heavy atom. The van der Waals surface area contributed by atoms with E-state index in [0.29, 0.717) is 34.4 Å². The third-order valence-electron chi connectivity index (χ3n) is 3.72. The first-order valence-electron chi connectivity index (χ1n) is 8.07. The summed E-state index contributed by atoms with van der Waals surface area (Å²) < 4.78 is 5.09. The zero-order valence-electron chi connectivity index (χ0n) is 14.6. The lowest BCUT2D eigenvalue weighted by Crippen LogP contribution is -2.38. The molecule has 5 nitrogen and oxygen atoms in total. The third kappa shape index (κ3) is 5.21. The minimum Gasteiger partial charge on any atom is -0.380 e. The molecule has 2 amide bonds. The van der Waals surface area contributed by atoms with E-state index < -0.39 is 0 Å². The molecule has 7 heteroatoms. The van der Waals surface area contributed by atoms with E-state index >= 15 is 0 Å². The molecule has 0 spiro atoms. The first-order chi connectivity index (χ1) is 12.5. The number of rotatable bonds is 7. The molecule has 1 N–H and O–H groups in total. The van der Waals surface area contributed by atoms with Crippen molar-refractivity contribution < 1.29 is 14.3 Å². The Kier molecular flexibility index (Phi) is 7.45. The average molecular weight is 395 g/mol. The number of para-hydroxylation sites is 1. The number of likely N-dealkylation sites (N-methyl/N-ethyl adjacent to an activating group) is 1. The Balaban J connectivity index is 2.09. The van der Waals surface area contributed by atoms with E-state index in [1.165, 1.54) is 4.90 Å². The number of carbonyl (C=O) groups excluding carboxylic acids is 2. The highest BCUT2D eigenvalue weighted by atomic mass is 35.5. The lowest BCUT2D eigenvalue weighted by atomic mass is 10.1. The Morgan fingerprint density at radius 2 is 1.77 bits per heavy atom. The number of ether oxygens (including phenoxy) is 1. The van der Waals surface area contributed by atoms with Gasteiger partial charge in [0.05, 0.1) is 22.3 Å². The zero-order valence-corrected chi connectivity index (χ0v) is 16.1. The van der Waals surface area contributed by atoms with Crippen LogP contribution in [0, 0.1) is 0 Å². The van der Waals surface area contributed by atoms with E-state index in [1.54, 1.807) is 43.5 Å². The number of halogens is 2. The van der Waals surface area contributed by atoms with Gasteiger partial charge in [0.25, 0.3) is 5.91 Å². The molecule has 0 atom stereocenters. The van der Waals surface area contributed by atoms with E-state index in [2.05, 4.69) is 5.32 Å². The van der Waals surface area contributed by atoms with Gasteiger partial charge in [0.15, 0.2) is 0 Å². The predicted octanol–water partition coefficient (Wildman–Crippen LogP) is 4.24. The van der Waals surface area contributed by atoms with Gasteiger partial charge in [-0.25, -0.2) is 0 Å². The maximum atomic E-state index is 12.7. The molecule has 138 valence electrons. The smallest absolute Gasteiger partial charge is 0.254 e. The van der Waals surface area contributed by atoms with Gasteiger partial charge in [0.2, 0.25) is 5.91 Å². The molecule has 2 aromatic rings. The minimum atomic E-state index is -0.372. The average Bonchev–Trinajstić information content (AvgIpc) is 2.63. The molecule has 0 fully saturated rings. The molecule has 0 saturated carbocycles. The maximum Gasteiger partial charge on any atom is 0.254 e. The van der Waals surface area contributed by atoms with Crippen molar-refractivity contribution in [2.75, 3.05) is 25.5 Å². The molecule has 0 aromatic heterocycles. The number of nitrogens with one attached hydrogen (secondary N) is 1. The topological polar surface area (TPSA) is 58.6 Å². The van der Waals surface area contributed by atoms with Crippen LogP contribution in [-0.2, 0) is 16.1 Å². The van der Waals surface area contributed by atoms with E-state index in [0.717, 1.165) is 5.56 Å². The van der Waals surface area contributed by atoms with Crippen molar-refractivity contribution in [3.05, 3.63) is 63.6 Å². The highest BCUT2D eigenvalue weighted by Crippen LogP contribution is 2.29. The first kappa shape index (κ1) is 20.2. The van der Waals surface area contributed by atoms with Crippen molar-refractivity contribution in [2.45, 2.75) is 13.5 Å². The minimum absolute atomic E-state index is 0.106. The number of carbonyl (C=O) groups is 2. The zero-order chi connectivity index (χ0) is 19.1. The van der Waals surface area contributed by atoms with Gasteiger partial charge in [-0.1, -0.05) is 41.4 Å². The van der Waals surface area contributed by atoms with Gasteiger partial charge in [-0.15, -0.1) is 0 Å². The SMILES string of the molecule is CCN(CC(=O)Nc1c(Cl)cccc1Cl)C(=O)c1cccc(COC)c1. The molecule has 0 aliphatic rings. The Hall–Kier alpha value is -2.08. The molecule has 26 heavy (non-hydrogen) atoms. The largest absolute Gasteiger partial charge is 0.380 e. The Labute approximate surface area is 162 Å². The normalized spacial score (nSPS) is 10.5. The van der Waals surface area contributed by atoms with Crippen molar-refractivity contribution in [3.8, 4) is 0 Å². The third-order valence-corrected chi connectivity index (χ3v) is 4.35. The van der Waals surface area contributed by atoms with Gasteiger partial charge < -0.3 is 15.0 Å². The predicted molar refractivity (Wildman–Crippen MR) is 104 cm³/mol. The molecule has 0 aliphatic carbocycles. The highest BCUT2D eigenvalue weighted by Gasteiger charge is 2.19. The fraction of sp³-hybridized carbons (Fsp3) is 0.263. The second-order valence-corrected chi connectivity index (χ2v) is 6.41. The standard InChI is InChI=1S/C19H20Cl2N2O3/c1-3-23(19(25)14-7-4-6-13(10-14)12-26-2)11-17(24)22-18-15(20)8-5-9-16(18)21/h4-10H,3,11-12H2,1-2H3,(H,22,24). The van der Waals surface area contributed by atoms with Gasteiger partial charge >= 0.3 is 0 Å². The number of amides is 2. The number of nitrogens with zero attached hydrogens (tertiary/aromatic N) is 1. The molecule has 0 unspecified atom stereocenters. The first-order valence-corrected chi connectivity index (χ1v) is 8.82. The lowest BCUT2D eigenvalue weighted by molar-refractivity contribution is -0.116. The molecule has 2 aromatic carbocycles. The van der Waals surface area contributed by atoms with Gasteiger partial charge in [-0.3, -0.25) is 9.59 Å². The molecule has 0 bridgehead atoms. The number of benzene rings is 2. The van der Waals surface area contributed by atoms with Gasteiger partial charge in [-0.05, 0) is 36.8 Å². The van der Waals surface area contributed by atoms with Crippen LogP contribution in [0.5, 0.6) is 0 Å². The Bertz CT molecular complexity index is 776. The fourth-order valence-electron chi connectivity index (χ4n) is 2.44. The molecule has 0 saturated heterocycles. The van der Waals surface area contributed by atoms with Gasteiger partial charge in [0.1, 0.15) is 6.54 Å². The van der Waals surface area contributed by atoms with Crippen LogP contribution >= 0.6 is 23.2 Å². The summed E-state index contributed by atoms with van der Waals surface area (Å²) in [6, 6.07) is 12.1. The highest BCUT2D eigenvalue weighted by molar-refractivity contribution is 6.39. The van der Waals surface area contributed by atoms with Crippen LogP contribution in [0.4, 0.5) is 5.69 Å². The fourth-order valence-corrected chi connectivity index (χ4v) is 2.93. The lowest BCUT2D eigenvalue weighted by Gasteiger charge is -2.21. The second kappa shape index (κ2) is 9.57. The Morgan fingerprint density at radius 1 is 1.12 bits per heavy atom. The summed E-state index contributed by atoms with van der Waals surface area (Å²) in [6.07, 6.45) is 0. The second-order valence-electron chi connectivity index (χ2n) is 5.60. The monoisotopic (exact) mass is 394 g/mol. The van der Waals surface area contributed by atoms with Crippen LogP contribution in [0.2, 0.25) is 10.0 Å². The van der Waals surface area contributed by atoms with Crippen molar-refractivity contribution in [2.24, 2.45) is 0 Å². The van der Waals surface area contributed by atoms with Gasteiger partial charge in [-0.2, -0.15) is 0 Å². The quantitative estimate of drug-likeness (QED) is 0.763. The summed E-state index contributed by atoms with van der Waals surface area (Å²) in [5, 5.41) is 3.35. The van der Waals surface area contributed by atoms with Crippen molar-refractivity contribution in [1.29, 1.82) is 0 Å². The summed E-state index contributed by atoms with van der Waals surface area (Å²) in [7, 11) is 1.59. The number of hydrogen-bond acceptors (Lipinski definition) is 3. The number of methoxy groups -OCH3 is 1. The molecule has 0 heterocycles. The van der Waals surface area contributed by atoms with E-state index in [-0.39, 0.29) is 18.4 Å². The van der Waals surface area contributed by atoms with Crippen LogP contribution in [0.25, 0.3) is 0 Å². The van der Waals surface area contributed by atoms with E-state index in [4.69, 9.17) is 27.9 Å². The van der Waals surface area contributed by atoms with Crippen LogP contribution < -0.4 is 5.32 Å². The summed E-state index contributed by atoms with van der Waals surface area (Å²) in [5.41, 5.74) is 1.73. The van der Waals surface area contributed by atoms with Crippen molar-refractivity contribution in [1.82, 2.24) is 4.90 Å². The molecular weight excluding hydrogens is 375 g/mol. The van der Waals surface area contributed by atoms with Crippen molar-refractivity contribution in [3.63, 3.8) is 0 Å².